The molecule has 0 aliphatic carbocycles. The Balaban J connectivity index is 1.99. The molecule has 0 fully saturated rings. The van der Waals surface area contributed by atoms with Gasteiger partial charge in [-0.05, 0) is 44.0 Å². The van der Waals surface area contributed by atoms with Gasteiger partial charge in [-0.15, -0.1) is 0 Å². The Morgan fingerprint density at radius 3 is 2.22 bits per heavy atom. The van der Waals surface area contributed by atoms with E-state index >= 15 is 0 Å². The molecule has 2 aromatic rings. The first-order valence-electron chi connectivity index (χ1n) is 7.75. The van der Waals surface area contributed by atoms with Crippen molar-refractivity contribution in [3.8, 4) is 16.9 Å². The molecule has 2 rings (SSSR count). The molecule has 0 heterocycles. The Kier molecular flexibility index (Phi) is 5.40. The maximum Gasteiger partial charge on any atom is 0.261 e. The molecular formula is C19H24N2O2. The quantitative estimate of drug-likeness (QED) is 0.862. The van der Waals surface area contributed by atoms with E-state index in [0.717, 1.165) is 11.1 Å². The van der Waals surface area contributed by atoms with Gasteiger partial charge in [-0.3, -0.25) is 4.79 Å². The summed E-state index contributed by atoms with van der Waals surface area (Å²) in [5.74, 6) is 0.491. The molecule has 1 unspecified atom stereocenters. The van der Waals surface area contributed by atoms with Crippen LogP contribution in [0.4, 0.5) is 0 Å². The summed E-state index contributed by atoms with van der Waals surface area (Å²) in [5.41, 5.74) is 7.44. The Bertz CT molecular complexity index is 636. The van der Waals surface area contributed by atoms with Crippen molar-refractivity contribution in [3.63, 3.8) is 0 Å². The van der Waals surface area contributed by atoms with Crippen molar-refractivity contribution in [2.75, 3.05) is 6.54 Å². The Morgan fingerprint density at radius 1 is 1.09 bits per heavy atom. The van der Waals surface area contributed by atoms with Gasteiger partial charge >= 0.3 is 0 Å². The minimum atomic E-state index is -0.580. The number of carbonyl (C=O) groups excluding carboxylic acids is 1. The number of rotatable bonds is 6. The number of carbonyl (C=O) groups is 1. The van der Waals surface area contributed by atoms with Gasteiger partial charge in [0.05, 0.1) is 0 Å². The molecule has 1 atom stereocenters. The lowest BCUT2D eigenvalue weighted by Gasteiger charge is -2.26. The summed E-state index contributed by atoms with van der Waals surface area (Å²) in [6.07, 6.45) is -0.580. The lowest BCUT2D eigenvalue weighted by Crippen LogP contribution is -2.52. The first-order chi connectivity index (χ1) is 10.9. The fraction of sp³-hybridized carbons (Fsp3) is 0.316. The van der Waals surface area contributed by atoms with E-state index in [2.05, 4.69) is 17.4 Å². The van der Waals surface area contributed by atoms with Crippen LogP contribution in [-0.4, -0.2) is 24.1 Å². The largest absolute Gasteiger partial charge is 0.481 e. The standard InChI is InChI=1S/C19H24N2O2/c1-14(18(22)21-19(2,3)13-20)23-17-11-9-16(10-12-17)15-7-5-4-6-8-15/h4-12,14H,13,20H2,1-3H3,(H,21,22). The summed E-state index contributed by atoms with van der Waals surface area (Å²) in [7, 11) is 0. The van der Waals surface area contributed by atoms with Crippen molar-refractivity contribution in [3.05, 3.63) is 54.6 Å². The van der Waals surface area contributed by atoms with Crippen LogP contribution in [0.15, 0.2) is 54.6 Å². The summed E-state index contributed by atoms with van der Waals surface area (Å²) in [4.78, 5) is 12.1. The predicted octanol–water partition coefficient (Wildman–Crippen LogP) is 2.97. The first-order valence-corrected chi connectivity index (χ1v) is 7.75. The average Bonchev–Trinajstić information content (AvgIpc) is 2.56. The molecule has 0 aliphatic rings. The first kappa shape index (κ1) is 17.0. The van der Waals surface area contributed by atoms with E-state index in [-0.39, 0.29) is 5.91 Å². The molecule has 23 heavy (non-hydrogen) atoms. The highest BCUT2D eigenvalue weighted by molar-refractivity contribution is 5.81. The van der Waals surface area contributed by atoms with Crippen molar-refractivity contribution in [2.24, 2.45) is 5.73 Å². The van der Waals surface area contributed by atoms with Gasteiger partial charge in [-0.2, -0.15) is 0 Å². The molecule has 4 heteroatoms. The third-order valence-corrected chi connectivity index (χ3v) is 3.62. The van der Waals surface area contributed by atoms with E-state index in [4.69, 9.17) is 10.5 Å². The number of nitrogens with two attached hydrogens (primary N) is 1. The molecule has 122 valence electrons. The van der Waals surface area contributed by atoms with E-state index in [0.29, 0.717) is 12.3 Å². The van der Waals surface area contributed by atoms with Crippen LogP contribution in [0.25, 0.3) is 11.1 Å². The van der Waals surface area contributed by atoms with Gasteiger partial charge in [0, 0.05) is 12.1 Å². The lowest BCUT2D eigenvalue weighted by molar-refractivity contribution is -0.128. The SMILES string of the molecule is CC(Oc1ccc(-c2ccccc2)cc1)C(=O)NC(C)(C)CN. The molecule has 0 aliphatic heterocycles. The molecule has 3 N–H and O–H groups in total. The summed E-state index contributed by atoms with van der Waals surface area (Å²) in [6.45, 7) is 5.86. The van der Waals surface area contributed by atoms with Crippen LogP contribution in [0.2, 0.25) is 0 Å². The third kappa shape index (κ3) is 4.83. The van der Waals surface area contributed by atoms with Crippen LogP contribution in [-0.2, 0) is 4.79 Å². The summed E-state index contributed by atoms with van der Waals surface area (Å²) in [5, 5.41) is 2.87. The van der Waals surface area contributed by atoms with E-state index in [9.17, 15) is 4.79 Å². The summed E-state index contributed by atoms with van der Waals surface area (Å²) >= 11 is 0. The molecular weight excluding hydrogens is 288 g/mol. The fourth-order valence-corrected chi connectivity index (χ4v) is 2.10. The molecule has 0 spiro atoms. The van der Waals surface area contributed by atoms with Gasteiger partial charge in [-0.25, -0.2) is 0 Å². The van der Waals surface area contributed by atoms with E-state index < -0.39 is 11.6 Å². The zero-order chi connectivity index (χ0) is 16.9. The zero-order valence-corrected chi connectivity index (χ0v) is 13.9. The second kappa shape index (κ2) is 7.29. The molecule has 4 nitrogen and oxygen atoms in total. The van der Waals surface area contributed by atoms with Crippen LogP contribution < -0.4 is 15.8 Å². The Morgan fingerprint density at radius 2 is 1.65 bits per heavy atom. The van der Waals surface area contributed by atoms with Crippen molar-refractivity contribution in [2.45, 2.75) is 32.4 Å². The second-order valence-corrected chi connectivity index (χ2v) is 6.23. The van der Waals surface area contributed by atoms with Gasteiger partial charge in [-0.1, -0.05) is 42.5 Å². The van der Waals surface area contributed by atoms with Crippen LogP contribution in [0, 0.1) is 0 Å². The van der Waals surface area contributed by atoms with Crippen LogP contribution in [0.5, 0.6) is 5.75 Å². The van der Waals surface area contributed by atoms with Gasteiger partial charge in [0.1, 0.15) is 5.75 Å². The zero-order valence-electron chi connectivity index (χ0n) is 13.9. The van der Waals surface area contributed by atoms with Gasteiger partial charge in [0.15, 0.2) is 6.10 Å². The maximum atomic E-state index is 12.1. The average molecular weight is 312 g/mol. The third-order valence-electron chi connectivity index (χ3n) is 3.62. The van der Waals surface area contributed by atoms with Crippen LogP contribution in [0.1, 0.15) is 20.8 Å². The maximum absolute atomic E-state index is 12.1. The van der Waals surface area contributed by atoms with E-state index in [1.165, 1.54) is 0 Å². The van der Waals surface area contributed by atoms with Gasteiger partial charge in [0.2, 0.25) is 0 Å². The Labute approximate surface area is 137 Å². The highest BCUT2D eigenvalue weighted by Crippen LogP contribution is 2.22. The van der Waals surface area contributed by atoms with Crippen molar-refractivity contribution in [1.29, 1.82) is 0 Å². The molecule has 0 aromatic heterocycles. The lowest BCUT2D eigenvalue weighted by atomic mass is 10.1. The fourth-order valence-electron chi connectivity index (χ4n) is 2.10. The van der Waals surface area contributed by atoms with Crippen molar-refractivity contribution in [1.82, 2.24) is 5.32 Å². The number of hydrogen-bond acceptors (Lipinski definition) is 3. The van der Waals surface area contributed by atoms with Crippen molar-refractivity contribution < 1.29 is 9.53 Å². The molecule has 2 aromatic carbocycles. The smallest absolute Gasteiger partial charge is 0.261 e. The molecule has 0 bridgehead atoms. The monoisotopic (exact) mass is 312 g/mol. The topological polar surface area (TPSA) is 64.3 Å². The van der Waals surface area contributed by atoms with E-state index in [1.54, 1.807) is 6.92 Å². The van der Waals surface area contributed by atoms with Gasteiger partial charge < -0.3 is 15.8 Å². The molecule has 0 saturated carbocycles. The minimum absolute atomic E-state index is 0.174. The number of ether oxygens (including phenoxy) is 1. The van der Waals surface area contributed by atoms with Gasteiger partial charge in [0.25, 0.3) is 5.91 Å². The Hall–Kier alpha value is -2.33. The second-order valence-electron chi connectivity index (χ2n) is 6.23. The van der Waals surface area contributed by atoms with E-state index in [1.807, 2.05) is 56.3 Å². The highest BCUT2D eigenvalue weighted by Gasteiger charge is 2.23. The highest BCUT2D eigenvalue weighted by atomic mass is 16.5. The van der Waals surface area contributed by atoms with Crippen LogP contribution >= 0.6 is 0 Å². The molecule has 1 amide bonds. The number of amides is 1. The summed E-state index contributed by atoms with van der Waals surface area (Å²) < 4.78 is 5.70. The predicted molar refractivity (Wildman–Crippen MR) is 93.2 cm³/mol. The normalized spacial score (nSPS) is 12.5. The minimum Gasteiger partial charge on any atom is -0.481 e. The molecule has 0 radical (unpaired) electrons. The number of hydrogen-bond donors (Lipinski definition) is 2. The summed E-state index contributed by atoms with van der Waals surface area (Å²) in [6, 6.07) is 17.8. The van der Waals surface area contributed by atoms with Crippen molar-refractivity contribution >= 4 is 5.91 Å². The number of benzene rings is 2. The molecule has 0 saturated heterocycles. The van der Waals surface area contributed by atoms with Crippen LogP contribution in [0.3, 0.4) is 0 Å². The number of nitrogens with one attached hydrogen (secondary N) is 1.